The van der Waals surface area contributed by atoms with Crippen LogP contribution >= 0.6 is 0 Å². The number of carbonyl (C=O) groups is 1. The highest BCUT2D eigenvalue weighted by Gasteiger charge is 2.27. The molecule has 0 bridgehead atoms. The topological polar surface area (TPSA) is 86.0 Å². The molecule has 0 aromatic carbocycles. The smallest absolute Gasteiger partial charge is 0.272 e. The van der Waals surface area contributed by atoms with Gasteiger partial charge in [-0.15, -0.1) is 4.80 Å². The van der Waals surface area contributed by atoms with Crippen LogP contribution in [0.15, 0.2) is 43.0 Å². The van der Waals surface area contributed by atoms with E-state index in [1.807, 2.05) is 0 Å². The highest BCUT2D eigenvalue weighted by atomic mass is 19.3. The lowest BCUT2D eigenvalue weighted by Crippen LogP contribution is -2.42. The molecule has 3 heterocycles. The van der Waals surface area contributed by atoms with Crippen molar-refractivity contribution in [2.75, 3.05) is 13.2 Å². The lowest BCUT2D eigenvalue weighted by atomic mass is 10.2. The summed E-state index contributed by atoms with van der Waals surface area (Å²) in [5.74, 6) is -4.69. The van der Waals surface area contributed by atoms with Gasteiger partial charge in [0.1, 0.15) is 6.61 Å². The maximum atomic E-state index is 14.1. The van der Waals surface area contributed by atoms with E-state index in [0.717, 1.165) is 6.20 Å². The molecular weight excluding hydrogens is 413 g/mol. The molecule has 0 N–H and O–H groups in total. The molecule has 3 aromatic rings. The second kappa shape index (κ2) is 9.11. The third-order valence-electron chi connectivity index (χ3n) is 4.53. The average Bonchev–Trinajstić information content (AvgIpc) is 3.27. The Morgan fingerprint density at radius 2 is 1.97 bits per heavy atom. The SMILES string of the molecule is CCN(C(=O)c1cccnc1-n1nccn1)[C@@H](C)COc1ncc(C(C)(F)F)cc1F. The van der Waals surface area contributed by atoms with E-state index in [1.54, 1.807) is 26.0 Å². The molecule has 11 heteroatoms. The van der Waals surface area contributed by atoms with Crippen molar-refractivity contribution in [3.05, 3.63) is 59.9 Å². The molecule has 8 nitrogen and oxygen atoms in total. The molecule has 0 saturated heterocycles. The summed E-state index contributed by atoms with van der Waals surface area (Å²) in [6, 6.07) is 3.44. The summed E-state index contributed by atoms with van der Waals surface area (Å²) in [6.07, 6.45) is 5.33. The van der Waals surface area contributed by atoms with Crippen molar-refractivity contribution >= 4 is 5.91 Å². The zero-order chi connectivity index (χ0) is 22.6. The lowest BCUT2D eigenvalue weighted by Gasteiger charge is -2.28. The van der Waals surface area contributed by atoms with Gasteiger partial charge in [0.25, 0.3) is 11.8 Å². The normalized spacial score (nSPS) is 12.5. The van der Waals surface area contributed by atoms with Crippen LogP contribution in [0.25, 0.3) is 5.82 Å². The fourth-order valence-electron chi connectivity index (χ4n) is 2.92. The number of hydrogen-bond acceptors (Lipinski definition) is 6. The summed E-state index contributed by atoms with van der Waals surface area (Å²) >= 11 is 0. The van der Waals surface area contributed by atoms with Gasteiger partial charge in [-0.05, 0) is 32.0 Å². The Bertz CT molecular complexity index is 1040. The predicted molar refractivity (Wildman–Crippen MR) is 105 cm³/mol. The number of likely N-dealkylation sites (N-methyl/N-ethyl adjacent to an activating group) is 1. The number of hydrogen-bond donors (Lipinski definition) is 0. The van der Waals surface area contributed by atoms with Gasteiger partial charge >= 0.3 is 0 Å². The summed E-state index contributed by atoms with van der Waals surface area (Å²) in [6.45, 7) is 4.40. The maximum Gasteiger partial charge on any atom is 0.272 e. The average molecular weight is 434 g/mol. The number of rotatable bonds is 8. The fourth-order valence-corrected chi connectivity index (χ4v) is 2.92. The summed E-state index contributed by atoms with van der Waals surface area (Å²) in [5, 5.41) is 8.03. The summed E-state index contributed by atoms with van der Waals surface area (Å²) in [5.41, 5.74) is -0.265. The molecule has 0 fully saturated rings. The number of alkyl halides is 2. The van der Waals surface area contributed by atoms with E-state index in [4.69, 9.17) is 4.74 Å². The Labute approximate surface area is 176 Å². The maximum absolute atomic E-state index is 14.1. The van der Waals surface area contributed by atoms with Crippen LogP contribution in [-0.2, 0) is 5.92 Å². The highest BCUT2D eigenvalue weighted by Crippen LogP contribution is 2.28. The number of nitrogens with zero attached hydrogens (tertiary/aromatic N) is 6. The van der Waals surface area contributed by atoms with Crippen LogP contribution in [0.2, 0.25) is 0 Å². The minimum atomic E-state index is -3.21. The van der Waals surface area contributed by atoms with Crippen molar-refractivity contribution in [3.63, 3.8) is 0 Å². The molecule has 3 rings (SSSR count). The van der Waals surface area contributed by atoms with E-state index in [-0.39, 0.29) is 23.9 Å². The second-order valence-corrected chi connectivity index (χ2v) is 6.84. The van der Waals surface area contributed by atoms with Crippen LogP contribution in [-0.4, -0.2) is 55.0 Å². The van der Waals surface area contributed by atoms with Crippen molar-refractivity contribution in [1.82, 2.24) is 29.9 Å². The molecule has 1 amide bonds. The minimum Gasteiger partial charge on any atom is -0.473 e. The lowest BCUT2D eigenvalue weighted by molar-refractivity contribution is 0.0165. The molecule has 1 atom stereocenters. The molecule has 0 spiro atoms. The Balaban J connectivity index is 1.74. The standard InChI is InChI=1S/C20H21F3N6O2/c1-4-28(19(30)15-6-5-7-24-17(15)29-26-8-9-27-29)13(2)12-31-18-16(21)10-14(11-25-18)20(3,22)23/h5-11,13H,4,12H2,1-3H3/t13-/m0/s1. The van der Waals surface area contributed by atoms with Crippen molar-refractivity contribution < 1.29 is 22.7 Å². The first-order chi connectivity index (χ1) is 14.7. The van der Waals surface area contributed by atoms with Crippen LogP contribution in [0.4, 0.5) is 13.2 Å². The van der Waals surface area contributed by atoms with Gasteiger partial charge in [-0.3, -0.25) is 4.79 Å². The summed E-state index contributed by atoms with van der Waals surface area (Å²) < 4.78 is 46.1. The van der Waals surface area contributed by atoms with Gasteiger partial charge in [0, 0.05) is 31.4 Å². The number of pyridine rings is 2. The van der Waals surface area contributed by atoms with E-state index >= 15 is 0 Å². The van der Waals surface area contributed by atoms with Crippen LogP contribution in [0.3, 0.4) is 0 Å². The first-order valence-electron chi connectivity index (χ1n) is 9.51. The van der Waals surface area contributed by atoms with Gasteiger partial charge in [-0.25, -0.2) is 23.1 Å². The van der Waals surface area contributed by atoms with E-state index < -0.39 is 29.2 Å². The van der Waals surface area contributed by atoms with Gasteiger partial charge in [0.2, 0.25) is 5.88 Å². The first-order valence-corrected chi connectivity index (χ1v) is 9.51. The number of ether oxygens (including phenoxy) is 1. The van der Waals surface area contributed by atoms with E-state index in [9.17, 15) is 18.0 Å². The zero-order valence-electron chi connectivity index (χ0n) is 17.2. The van der Waals surface area contributed by atoms with Crippen LogP contribution in [0.5, 0.6) is 5.88 Å². The zero-order valence-corrected chi connectivity index (χ0v) is 17.2. The monoisotopic (exact) mass is 434 g/mol. The number of amides is 1. The van der Waals surface area contributed by atoms with Crippen molar-refractivity contribution in [3.8, 4) is 11.7 Å². The molecule has 0 aliphatic heterocycles. The molecule has 0 aliphatic rings. The molecule has 31 heavy (non-hydrogen) atoms. The second-order valence-electron chi connectivity index (χ2n) is 6.84. The van der Waals surface area contributed by atoms with Gasteiger partial charge in [0.15, 0.2) is 11.6 Å². The van der Waals surface area contributed by atoms with Crippen molar-refractivity contribution in [2.24, 2.45) is 0 Å². The Morgan fingerprint density at radius 1 is 1.26 bits per heavy atom. The highest BCUT2D eigenvalue weighted by molar-refractivity contribution is 5.97. The number of carbonyl (C=O) groups excluding carboxylic acids is 1. The molecular formula is C20H21F3N6O2. The third-order valence-corrected chi connectivity index (χ3v) is 4.53. The van der Waals surface area contributed by atoms with Gasteiger partial charge < -0.3 is 9.64 Å². The Hall–Kier alpha value is -3.50. The minimum absolute atomic E-state index is 0.0963. The van der Waals surface area contributed by atoms with E-state index in [0.29, 0.717) is 19.5 Å². The molecule has 164 valence electrons. The van der Waals surface area contributed by atoms with E-state index in [2.05, 4.69) is 20.2 Å². The van der Waals surface area contributed by atoms with Crippen molar-refractivity contribution in [1.29, 1.82) is 0 Å². The Morgan fingerprint density at radius 3 is 2.58 bits per heavy atom. The van der Waals surface area contributed by atoms with Crippen molar-refractivity contribution in [2.45, 2.75) is 32.7 Å². The van der Waals surface area contributed by atoms with Gasteiger partial charge in [-0.1, -0.05) is 0 Å². The van der Waals surface area contributed by atoms with Crippen LogP contribution in [0, 0.1) is 5.82 Å². The first kappa shape index (κ1) is 22.2. The third kappa shape index (κ3) is 4.98. The van der Waals surface area contributed by atoms with Gasteiger partial charge in [-0.2, -0.15) is 10.2 Å². The van der Waals surface area contributed by atoms with Crippen LogP contribution in [0.1, 0.15) is 36.7 Å². The molecule has 0 aliphatic carbocycles. The predicted octanol–water partition coefficient (Wildman–Crippen LogP) is 3.24. The fraction of sp³-hybridized carbons (Fsp3) is 0.350. The number of aromatic nitrogens is 5. The van der Waals surface area contributed by atoms with Gasteiger partial charge in [0.05, 0.1) is 24.0 Å². The number of halogens is 3. The molecule has 0 unspecified atom stereocenters. The largest absolute Gasteiger partial charge is 0.473 e. The molecule has 0 saturated carbocycles. The van der Waals surface area contributed by atoms with Crippen LogP contribution < -0.4 is 4.74 Å². The van der Waals surface area contributed by atoms with E-state index in [1.165, 1.54) is 28.3 Å². The Kier molecular flexibility index (Phi) is 6.52. The quantitative estimate of drug-likeness (QED) is 0.541. The summed E-state index contributed by atoms with van der Waals surface area (Å²) in [7, 11) is 0. The summed E-state index contributed by atoms with van der Waals surface area (Å²) in [4.78, 5) is 23.7. The molecule has 3 aromatic heterocycles. The molecule has 0 radical (unpaired) electrons.